The molecule has 1 rings (SSSR count). The number of esters is 1. The fraction of sp³-hybridized carbons (Fsp3) is 0.941. The van der Waals surface area contributed by atoms with Gasteiger partial charge in [-0.25, -0.2) is 0 Å². The summed E-state index contributed by atoms with van der Waals surface area (Å²) in [7, 11) is 1.44. The standard InChI is InChI=1S/C17H33NO3/c1-6-18-17(4,16(19)20-5)8-7-9-21-15-11-13(2)10-14(3)12-15/h13-15,18H,6-12H2,1-5H3. The highest BCUT2D eigenvalue weighted by Crippen LogP contribution is 2.30. The molecule has 21 heavy (non-hydrogen) atoms. The lowest BCUT2D eigenvalue weighted by molar-refractivity contribution is -0.148. The molecule has 0 heterocycles. The molecular weight excluding hydrogens is 266 g/mol. The van der Waals surface area contributed by atoms with Crippen molar-refractivity contribution in [2.24, 2.45) is 11.8 Å². The molecule has 3 unspecified atom stereocenters. The van der Waals surface area contributed by atoms with Crippen molar-refractivity contribution < 1.29 is 14.3 Å². The number of rotatable bonds is 8. The second-order valence-electron chi connectivity index (χ2n) is 6.87. The van der Waals surface area contributed by atoms with Gasteiger partial charge in [0, 0.05) is 6.61 Å². The van der Waals surface area contributed by atoms with E-state index >= 15 is 0 Å². The van der Waals surface area contributed by atoms with E-state index in [9.17, 15) is 4.79 Å². The number of hydrogen-bond acceptors (Lipinski definition) is 4. The molecule has 0 bridgehead atoms. The number of likely N-dealkylation sites (N-methyl/N-ethyl adjacent to an activating group) is 1. The second-order valence-corrected chi connectivity index (χ2v) is 6.87. The van der Waals surface area contributed by atoms with Gasteiger partial charge in [-0.05, 0) is 57.4 Å². The fourth-order valence-electron chi connectivity index (χ4n) is 3.56. The molecule has 1 aliphatic carbocycles. The Hall–Kier alpha value is -0.610. The molecule has 0 aromatic rings. The summed E-state index contributed by atoms with van der Waals surface area (Å²) in [6, 6.07) is 0. The van der Waals surface area contributed by atoms with E-state index in [0.29, 0.717) is 6.10 Å². The van der Waals surface area contributed by atoms with Crippen LogP contribution in [0.4, 0.5) is 0 Å². The van der Waals surface area contributed by atoms with Crippen molar-refractivity contribution in [1.29, 1.82) is 0 Å². The van der Waals surface area contributed by atoms with Crippen LogP contribution in [0.2, 0.25) is 0 Å². The van der Waals surface area contributed by atoms with Crippen LogP contribution in [0.5, 0.6) is 0 Å². The van der Waals surface area contributed by atoms with Gasteiger partial charge in [-0.2, -0.15) is 0 Å². The molecule has 124 valence electrons. The van der Waals surface area contributed by atoms with E-state index in [1.807, 2.05) is 13.8 Å². The maximum atomic E-state index is 11.9. The van der Waals surface area contributed by atoms with E-state index in [-0.39, 0.29) is 5.97 Å². The van der Waals surface area contributed by atoms with Gasteiger partial charge in [0.15, 0.2) is 0 Å². The van der Waals surface area contributed by atoms with Crippen molar-refractivity contribution >= 4 is 5.97 Å². The Morgan fingerprint density at radius 3 is 2.38 bits per heavy atom. The lowest BCUT2D eigenvalue weighted by atomic mass is 9.82. The molecule has 1 N–H and O–H groups in total. The molecule has 0 aromatic heterocycles. The normalized spacial score (nSPS) is 28.9. The highest BCUT2D eigenvalue weighted by atomic mass is 16.5. The zero-order chi connectivity index (χ0) is 15.9. The summed E-state index contributed by atoms with van der Waals surface area (Å²) in [6.45, 7) is 10.0. The van der Waals surface area contributed by atoms with Crippen molar-refractivity contribution in [2.75, 3.05) is 20.3 Å². The molecule has 4 heteroatoms. The maximum Gasteiger partial charge on any atom is 0.325 e. The van der Waals surface area contributed by atoms with Gasteiger partial charge < -0.3 is 14.8 Å². The zero-order valence-electron chi connectivity index (χ0n) is 14.4. The summed E-state index contributed by atoms with van der Waals surface area (Å²) in [4.78, 5) is 11.9. The first-order valence-electron chi connectivity index (χ1n) is 8.36. The van der Waals surface area contributed by atoms with Crippen LogP contribution >= 0.6 is 0 Å². The first-order chi connectivity index (χ1) is 9.91. The van der Waals surface area contributed by atoms with Crippen molar-refractivity contribution in [2.45, 2.75) is 71.4 Å². The van der Waals surface area contributed by atoms with Crippen LogP contribution in [0, 0.1) is 11.8 Å². The van der Waals surface area contributed by atoms with E-state index in [1.54, 1.807) is 0 Å². The highest BCUT2D eigenvalue weighted by Gasteiger charge is 2.33. The van der Waals surface area contributed by atoms with Crippen molar-refractivity contribution in [3.63, 3.8) is 0 Å². The monoisotopic (exact) mass is 299 g/mol. The molecule has 3 atom stereocenters. The number of carbonyl (C=O) groups excluding carboxylic acids is 1. The third-order valence-corrected chi connectivity index (χ3v) is 4.51. The number of carbonyl (C=O) groups is 1. The van der Waals surface area contributed by atoms with Crippen LogP contribution in [0.3, 0.4) is 0 Å². The molecule has 1 fully saturated rings. The van der Waals surface area contributed by atoms with Gasteiger partial charge >= 0.3 is 5.97 Å². The van der Waals surface area contributed by atoms with Gasteiger partial charge in [0.2, 0.25) is 0 Å². The van der Waals surface area contributed by atoms with Crippen LogP contribution in [0.25, 0.3) is 0 Å². The molecule has 4 nitrogen and oxygen atoms in total. The average molecular weight is 299 g/mol. The number of ether oxygens (including phenoxy) is 2. The van der Waals surface area contributed by atoms with Crippen LogP contribution in [-0.2, 0) is 14.3 Å². The van der Waals surface area contributed by atoms with Gasteiger partial charge in [0.25, 0.3) is 0 Å². The number of hydrogen-bond donors (Lipinski definition) is 1. The molecule has 1 saturated carbocycles. The predicted octanol–water partition coefficient (Wildman–Crippen LogP) is 3.15. The van der Waals surface area contributed by atoms with E-state index < -0.39 is 5.54 Å². The van der Waals surface area contributed by atoms with Crippen LogP contribution < -0.4 is 5.32 Å². The van der Waals surface area contributed by atoms with Crippen molar-refractivity contribution in [3.05, 3.63) is 0 Å². The Bertz CT molecular complexity index is 311. The Morgan fingerprint density at radius 2 is 1.86 bits per heavy atom. The quantitative estimate of drug-likeness (QED) is 0.552. The summed E-state index contributed by atoms with van der Waals surface area (Å²) >= 11 is 0. The predicted molar refractivity (Wildman–Crippen MR) is 85.3 cm³/mol. The number of nitrogens with one attached hydrogen (secondary N) is 1. The van der Waals surface area contributed by atoms with Gasteiger partial charge in [-0.3, -0.25) is 4.79 Å². The molecule has 0 radical (unpaired) electrons. The summed E-state index contributed by atoms with van der Waals surface area (Å²) in [5.74, 6) is 1.34. The van der Waals surface area contributed by atoms with E-state index in [1.165, 1.54) is 26.4 Å². The summed E-state index contributed by atoms with van der Waals surface area (Å²) in [6.07, 6.45) is 5.67. The Labute approximate surface area is 130 Å². The molecule has 0 spiro atoms. The SMILES string of the molecule is CCNC(C)(CCCOC1CC(C)CC(C)C1)C(=O)OC. The minimum atomic E-state index is -0.597. The Morgan fingerprint density at radius 1 is 1.24 bits per heavy atom. The van der Waals surface area contributed by atoms with Gasteiger partial charge in [-0.15, -0.1) is 0 Å². The molecule has 0 amide bonds. The Kier molecular flexibility index (Phi) is 7.67. The largest absolute Gasteiger partial charge is 0.468 e. The first kappa shape index (κ1) is 18.4. The first-order valence-corrected chi connectivity index (χ1v) is 8.36. The fourth-order valence-corrected chi connectivity index (χ4v) is 3.56. The summed E-state index contributed by atoms with van der Waals surface area (Å²) in [5, 5.41) is 3.23. The third-order valence-electron chi connectivity index (χ3n) is 4.51. The average Bonchev–Trinajstić information content (AvgIpc) is 2.42. The minimum absolute atomic E-state index is 0.190. The molecule has 0 saturated heterocycles. The van der Waals surface area contributed by atoms with Crippen LogP contribution in [0.15, 0.2) is 0 Å². The smallest absolute Gasteiger partial charge is 0.325 e. The minimum Gasteiger partial charge on any atom is -0.468 e. The van der Waals surface area contributed by atoms with Gasteiger partial charge in [0.1, 0.15) is 5.54 Å². The molecular formula is C17H33NO3. The van der Waals surface area contributed by atoms with E-state index in [0.717, 1.165) is 37.8 Å². The van der Waals surface area contributed by atoms with E-state index in [4.69, 9.17) is 9.47 Å². The van der Waals surface area contributed by atoms with Crippen LogP contribution in [0.1, 0.15) is 59.8 Å². The molecule has 1 aliphatic rings. The summed E-state index contributed by atoms with van der Waals surface area (Å²) in [5.41, 5.74) is -0.597. The lowest BCUT2D eigenvalue weighted by Crippen LogP contribution is -2.50. The zero-order valence-corrected chi connectivity index (χ0v) is 14.4. The molecule has 0 aromatic carbocycles. The van der Waals surface area contributed by atoms with Gasteiger partial charge in [-0.1, -0.05) is 20.8 Å². The van der Waals surface area contributed by atoms with Crippen molar-refractivity contribution in [3.8, 4) is 0 Å². The van der Waals surface area contributed by atoms with Crippen molar-refractivity contribution in [1.82, 2.24) is 5.32 Å². The third kappa shape index (κ3) is 5.95. The topological polar surface area (TPSA) is 47.6 Å². The summed E-state index contributed by atoms with van der Waals surface area (Å²) < 4.78 is 10.9. The van der Waals surface area contributed by atoms with Crippen LogP contribution in [-0.4, -0.2) is 37.9 Å². The number of methoxy groups -OCH3 is 1. The second kappa shape index (κ2) is 8.74. The highest BCUT2D eigenvalue weighted by molar-refractivity contribution is 5.80. The molecule has 0 aliphatic heterocycles. The van der Waals surface area contributed by atoms with Gasteiger partial charge in [0.05, 0.1) is 13.2 Å². The van der Waals surface area contributed by atoms with E-state index in [2.05, 4.69) is 19.2 Å². The maximum absolute atomic E-state index is 11.9. The lowest BCUT2D eigenvalue weighted by Gasteiger charge is -2.32. The Balaban J connectivity index is 2.32.